The van der Waals surface area contributed by atoms with Crippen molar-refractivity contribution in [2.75, 3.05) is 14.2 Å². The molecule has 1 N–H and O–H groups in total. The van der Waals surface area contributed by atoms with Crippen molar-refractivity contribution < 1.29 is 19.4 Å². The Labute approximate surface area is 108 Å². The van der Waals surface area contributed by atoms with Gasteiger partial charge >= 0.3 is 5.97 Å². The molecule has 19 heavy (non-hydrogen) atoms. The van der Waals surface area contributed by atoms with Crippen LogP contribution in [0, 0.1) is 0 Å². The predicted octanol–water partition coefficient (Wildman–Crippen LogP) is 0.498. The number of aliphatic carboxylic acids is 1. The molecule has 1 aromatic carbocycles. The van der Waals surface area contributed by atoms with Crippen LogP contribution in [0.15, 0.2) is 23.1 Å². The molecule has 0 radical (unpaired) electrons. The lowest BCUT2D eigenvalue weighted by Gasteiger charge is -2.11. The normalized spacial score (nSPS) is 10.4. The molecule has 2 rings (SSSR count). The molecule has 0 amide bonds. The van der Waals surface area contributed by atoms with E-state index in [-0.39, 0.29) is 11.1 Å². The molecule has 2 aromatic rings. The number of methoxy groups -OCH3 is 2. The summed E-state index contributed by atoms with van der Waals surface area (Å²) in [7, 11) is 2.87. The highest BCUT2D eigenvalue weighted by Gasteiger charge is 2.15. The lowest BCUT2D eigenvalue weighted by atomic mass is 10.1. The number of carboxylic acids is 1. The molecule has 1 aromatic heterocycles. The van der Waals surface area contributed by atoms with Gasteiger partial charge in [-0.05, 0) is 12.1 Å². The van der Waals surface area contributed by atoms with E-state index in [0.717, 1.165) is 4.68 Å². The van der Waals surface area contributed by atoms with Gasteiger partial charge in [-0.1, -0.05) is 0 Å². The van der Waals surface area contributed by atoms with Crippen molar-refractivity contribution >= 4 is 16.7 Å². The molecule has 0 aliphatic rings. The smallest absolute Gasteiger partial charge is 0.325 e. The Hall–Kier alpha value is -2.57. The standard InChI is InChI=1S/C12H12N2O5/c1-18-8-4-3-7-5-13-14(6-9(15)16)12(17)10(7)11(8)19-2/h3-5H,6H2,1-2H3,(H,15,16). The van der Waals surface area contributed by atoms with Crippen LogP contribution in [0.2, 0.25) is 0 Å². The van der Waals surface area contributed by atoms with Gasteiger partial charge in [-0.25, -0.2) is 4.68 Å². The van der Waals surface area contributed by atoms with Gasteiger partial charge in [0, 0.05) is 5.39 Å². The Morgan fingerprint density at radius 3 is 2.68 bits per heavy atom. The van der Waals surface area contributed by atoms with E-state index in [2.05, 4.69) is 5.10 Å². The number of fused-ring (bicyclic) bond motifs is 1. The molecule has 0 spiro atoms. The molecule has 0 bridgehead atoms. The molecule has 100 valence electrons. The van der Waals surface area contributed by atoms with Crippen molar-refractivity contribution in [3.8, 4) is 11.5 Å². The number of carboxylic acid groups (broad SMARTS) is 1. The van der Waals surface area contributed by atoms with Crippen LogP contribution in [0.5, 0.6) is 11.5 Å². The monoisotopic (exact) mass is 264 g/mol. The number of hydrogen-bond donors (Lipinski definition) is 1. The maximum absolute atomic E-state index is 12.2. The maximum Gasteiger partial charge on any atom is 0.325 e. The summed E-state index contributed by atoms with van der Waals surface area (Å²) in [4.78, 5) is 22.9. The minimum atomic E-state index is -1.14. The second-order valence-electron chi connectivity index (χ2n) is 3.77. The van der Waals surface area contributed by atoms with Crippen LogP contribution >= 0.6 is 0 Å². The third kappa shape index (κ3) is 2.22. The Morgan fingerprint density at radius 1 is 1.37 bits per heavy atom. The Balaban J connectivity index is 2.78. The molecule has 0 atom stereocenters. The van der Waals surface area contributed by atoms with Crippen molar-refractivity contribution in [3.63, 3.8) is 0 Å². The fourth-order valence-corrected chi connectivity index (χ4v) is 1.82. The highest BCUT2D eigenvalue weighted by atomic mass is 16.5. The first-order chi connectivity index (χ1) is 9.08. The van der Waals surface area contributed by atoms with Gasteiger partial charge in [-0.2, -0.15) is 5.10 Å². The zero-order valence-electron chi connectivity index (χ0n) is 10.4. The molecule has 0 aliphatic carbocycles. The lowest BCUT2D eigenvalue weighted by molar-refractivity contribution is -0.137. The van der Waals surface area contributed by atoms with E-state index in [4.69, 9.17) is 14.6 Å². The van der Waals surface area contributed by atoms with Gasteiger partial charge in [0.25, 0.3) is 5.56 Å². The fraction of sp³-hybridized carbons (Fsp3) is 0.250. The van der Waals surface area contributed by atoms with Crippen molar-refractivity contribution in [2.24, 2.45) is 0 Å². The summed E-state index contributed by atoms with van der Waals surface area (Å²) in [5.74, 6) is -0.470. The van der Waals surface area contributed by atoms with Gasteiger partial charge in [0.15, 0.2) is 11.5 Å². The highest BCUT2D eigenvalue weighted by Crippen LogP contribution is 2.32. The van der Waals surface area contributed by atoms with Crippen molar-refractivity contribution in [2.45, 2.75) is 6.54 Å². The summed E-state index contributed by atoms with van der Waals surface area (Å²) < 4.78 is 11.2. The number of rotatable bonds is 4. The van der Waals surface area contributed by atoms with E-state index in [0.29, 0.717) is 11.1 Å². The average molecular weight is 264 g/mol. The number of ether oxygens (including phenoxy) is 2. The largest absolute Gasteiger partial charge is 0.493 e. The zero-order chi connectivity index (χ0) is 14.0. The van der Waals surface area contributed by atoms with Crippen LogP contribution in [-0.2, 0) is 11.3 Å². The van der Waals surface area contributed by atoms with Gasteiger partial charge in [0.05, 0.1) is 25.8 Å². The van der Waals surface area contributed by atoms with Crippen molar-refractivity contribution in [3.05, 3.63) is 28.7 Å². The molecule has 0 saturated heterocycles. The van der Waals surface area contributed by atoms with E-state index in [1.54, 1.807) is 12.1 Å². The molecule has 7 heteroatoms. The van der Waals surface area contributed by atoms with E-state index < -0.39 is 18.1 Å². The maximum atomic E-state index is 12.2. The molecule has 0 unspecified atom stereocenters. The molecule has 0 fully saturated rings. The summed E-state index contributed by atoms with van der Waals surface area (Å²) in [5.41, 5.74) is -0.532. The highest BCUT2D eigenvalue weighted by molar-refractivity contribution is 5.89. The van der Waals surface area contributed by atoms with Crippen LogP contribution in [0.25, 0.3) is 10.8 Å². The Bertz CT molecular complexity index is 692. The molecular formula is C12H12N2O5. The van der Waals surface area contributed by atoms with Crippen molar-refractivity contribution in [1.82, 2.24) is 9.78 Å². The van der Waals surface area contributed by atoms with Gasteiger partial charge in [0.1, 0.15) is 6.54 Å². The minimum absolute atomic E-state index is 0.248. The van der Waals surface area contributed by atoms with Gasteiger partial charge in [-0.3, -0.25) is 9.59 Å². The first kappa shape index (κ1) is 12.9. The molecule has 7 nitrogen and oxygen atoms in total. The first-order valence-electron chi connectivity index (χ1n) is 5.41. The summed E-state index contributed by atoms with van der Waals surface area (Å²) in [6.07, 6.45) is 1.42. The minimum Gasteiger partial charge on any atom is -0.493 e. The van der Waals surface area contributed by atoms with Crippen LogP contribution < -0.4 is 15.0 Å². The lowest BCUT2D eigenvalue weighted by Crippen LogP contribution is -2.26. The second kappa shape index (κ2) is 4.97. The third-order valence-corrected chi connectivity index (χ3v) is 2.65. The summed E-state index contributed by atoms with van der Waals surface area (Å²) >= 11 is 0. The molecule has 0 aliphatic heterocycles. The van der Waals surface area contributed by atoms with Crippen LogP contribution in [0.4, 0.5) is 0 Å². The fourth-order valence-electron chi connectivity index (χ4n) is 1.82. The van der Waals surface area contributed by atoms with E-state index >= 15 is 0 Å². The van der Waals surface area contributed by atoms with E-state index in [1.807, 2.05) is 0 Å². The summed E-state index contributed by atoms with van der Waals surface area (Å²) in [6, 6.07) is 3.32. The first-order valence-corrected chi connectivity index (χ1v) is 5.41. The average Bonchev–Trinajstić information content (AvgIpc) is 2.40. The van der Waals surface area contributed by atoms with Crippen LogP contribution in [0.3, 0.4) is 0 Å². The molecule has 0 saturated carbocycles. The van der Waals surface area contributed by atoms with Crippen LogP contribution in [-0.4, -0.2) is 35.1 Å². The topological polar surface area (TPSA) is 90.7 Å². The predicted molar refractivity (Wildman–Crippen MR) is 66.7 cm³/mol. The molecular weight excluding hydrogens is 252 g/mol. The van der Waals surface area contributed by atoms with Crippen LogP contribution in [0.1, 0.15) is 0 Å². The Morgan fingerprint density at radius 2 is 2.11 bits per heavy atom. The van der Waals surface area contributed by atoms with Crippen molar-refractivity contribution in [1.29, 1.82) is 0 Å². The number of hydrogen-bond acceptors (Lipinski definition) is 5. The Kier molecular flexibility index (Phi) is 3.37. The molecule has 1 heterocycles. The van der Waals surface area contributed by atoms with E-state index in [1.165, 1.54) is 20.4 Å². The number of benzene rings is 1. The van der Waals surface area contributed by atoms with Gasteiger partial charge in [-0.15, -0.1) is 0 Å². The zero-order valence-corrected chi connectivity index (χ0v) is 10.4. The number of aromatic nitrogens is 2. The van der Waals surface area contributed by atoms with Gasteiger partial charge in [0.2, 0.25) is 0 Å². The summed E-state index contributed by atoms with van der Waals surface area (Å²) in [5, 5.41) is 13.3. The summed E-state index contributed by atoms with van der Waals surface area (Å²) in [6.45, 7) is -0.505. The number of nitrogens with zero attached hydrogens (tertiary/aromatic N) is 2. The van der Waals surface area contributed by atoms with E-state index in [9.17, 15) is 9.59 Å². The van der Waals surface area contributed by atoms with Gasteiger partial charge < -0.3 is 14.6 Å². The SMILES string of the molecule is COc1ccc2cnn(CC(=O)O)c(=O)c2c1OC. The quantitative estimate of drug-likeness (QED) is 0.864. The third-order valence-electron chi connectivity index (χ3n) is 2.65. The number of carbonyl (C=O) groups is 1. The second-order valence-corrected chi connectivity index (χ2v) is 3.77.